The number of nitrogens with one attached hydrogen (secondary N) is 1. The Morgan fingerprint density at radius 1 is 1.29 bits per heavy atom. The number of rotatable bonds is 4. The number of halogens is 1. The lowest BCUT2D eigenvalue weighted by molar-refractivity contribution is -0.122. The van der Waals surface area contributed by atoms with Crippen molar-refractivity contribution in [2.75, 3.05) is 11.5 Å². The summed E-state index contributed by atoms with van der Waals surface area (Å²) in [6, 6.07) is 9.68. The SMILES string of the molecule is CCOc1cc(/C=C2/C(=O)NC(=S)N(c3cccc(Cl)c3C)C2=O)ccc1O. The number of carbonyl (C=O) groups is 2. The number of hydrogen-bond acceptors (Lipinski definition) is 5. The molecule has 28 heavy (non-hydrogen) atoms. The lowest BCUT2D eigenvalue weighted by Crippen LogP contribution is -2.54. The van der Waals surface area contributed by atoms with Crippen molar-refractivity contribution in [3.63, 3.8) is 0 Å². The first-order valence-electron chi connectivity index (χ1n) is 8.46. The van der Waals surface area contributed by atoms with Gasteiger partial charge in [0.15, 0.2) is 16.6 Å². The standard InChI is InChI=1S/C20H17ClN2O4S/c1-3-27-17-10-12(7-8-16(17)24)9-13-18(25)22-20(28)23(19(13)26)15-6-4-5-14(21)11(15)2/h4-10,24H,3H2,1-2H3,(H,22,25,28)/b13-9-. The topological polar surface area (TPSA) is 78.9 Å². The first kappa shape index (κ1) is 19.9. The average molecular weight is 417 g/mol. The molecule has 0 aliphatic carbocycles. The molecule has 2 aromatic carbocycles. The zero-order valence-electron chi connectivity index (χ0n) is 15.2. The van der Waals surface area contributed by atoms with Gasteiger partial charge >= 0.3 is 0 Å². The lowest BCUT2D eigenvalue weighted by Gasteiger charge is -2.30. The van der Waals surface area contributed by atoms with E-state index in [0.717, 1.165) is 0 Å². The van der Waals surface area contributed by atoms with Gasteiger partial charge in [0.25, 0.3) is 11.8 Å². The van der Waals surface area contributed by atoms with E-state index in [2.05, 4.69) is 5.32 Å². The summed E-state index contributed by atoms with van der Waals surface area (Å²) >= 11 is 11.4. The van der Waals surface area contributed by atoms with Crippen LogP contribution in [0.15, 0.2) is 42.0 Å². The molecule has 144 valence electrons. The Hall–Kier alpha value is -2.90. The van der Waals surface area contributed by atoms with Gasteiger partial charge in [-0.05, 0) is 67.5 Å². The van der Waals surface area contributed by atoms with E-state index in [1.807, 2.05) is 0 Å². The summed E-state index contributed by atoms with van der Waals surface area (Å²) in [6.07, 6.45) is 1.42. The fraction of sp³-hybridized carbons (Fsp3) is 0.150. The third-order valence-corrected chi connectivity index (χ3v) is 4.87. The van der Waals surface area contributed by atoms with Crippen molar-refractivity contribution in [3.05, 3.63) is 58.1 Å². The van der Waals surface area contributed by atoms with Crippen molar-refractivity contribution >= 4 is 52.5 Å². The van der Waals surface area contributed by atoms with Crippen molar-refractivity contribution in [1.29, 1.82) is 0 Å². The molecule has 8 heteroatoms. The summed E-state index contributed by atoms with van der Waals surface area (Å²) in [5, 5.41) is 12.8. The highest BCUT2D eigenvalue weighted by molar-refractivity contribution is 7.80. The highest BCUT2D eigenvalue weighted by Gasteiger charge is 2.35. The summed E-state index contributed by atoms with van der Waals surface area (Å²) in [5.74, 6) is -0.929. The third kappa shape index (κ3) is 3.72. The number of thiocarbonyl (C=S) groups is 1. The number of aromatic hydroxyl groups is 1. The van der Waals surface area contributed by atoms with Crippen LogP contribution in [0.4, 0.5) is 5.69 Å². The molecule has 2 aromatic rings. The highest BCUT2D eigenvalue weighted by atomic mass is 35.5. The zero-order chi connectivity index (χ0) is 20.4. The minimum absolute atomic E-state index is 0.0155. The maximum Gasteiger partial charge on any atom is 0.270 e. The van der Waals surface area contributed by atoms with Gasteiger partial charge in [0.1, 0.15) is 5.57 Å². The number of phenolic OH excluding ortho intramolecular Hbond substituents is 1. The summed E-state index contributed by atoms with van der Waals surface area (Å²) < 4.78 is 5.35. The molecule has 1 aliphatic rings. The van der Waals surface area contributed by atoms with Gasteiger partial charge in [-0.3, -0.25) is 19.8 Å². The predicted octanol–water partition coefficient (Wildman–Crippen LogP) is 3.58. The van der Waals surface area contributed by atoms with Crippen LogP contribution in [0.3, 0.4) is 0 Å². The number of hydrogen-bond donors (Lipinski definition) is 2. The van der Waals surface area contributed by atoms with Gasteiger partial charge in [0, 0.05) is 5.02 Å². The zero-order valence-corrected chi connectivity index (χ0v) is 16.7. The van der Waals surface area contributed by atoms with E-state index in [0.29, 0.717) is 28.4 Å². The normalized spacial score (nSPS) is 15.8. The molecule has 0 bridgehead atoms. The van der Waals surface area contributed by atoms with Gasteiger partial charge in [-0.25, -0.2) is 0 Å². The second-order valence-corrected chi connectivity index (χ2v) is 6.80. The van der Waals surface area contributed by atoms with Crippen LogP contribution in [0.2, 0.25) is 5.02 Å². The first-order valence-corrected chi connectivity index (χ1v) is 9.24. The van der Waals surface area contributed by atoms with E-state index < -0.39 is 11.8 Å². The van der Waals surface area contributed by atoms with Crippen LogP contribution in [0, 0.1) is 6.92 Å². The summed E-state index contributed by atoms with van der Waals surface area (Å²) in [5.41, 5.74) is 1.59. The van der Waals surface area contributed by atoms with Crippen LogP contribution in [-0.4, -0.2) is 28.6 Å². The monoisotopic (exact) mass is 416 g/mol. The lowest BCUT2D eigenvalue weighted by atomic mass is 10.1. The van der Waals surface area contributed by atoms with Crippen LogP contribution in [0.5, 0.6) is 11.5 Å². The maximum atomic E-state index is 13.1. The molecule has 1 fully saturated rings. The van der Waals surface area contributed by atoms with Crippen LogP contribution in [-0.2, 0) is 9.59 Å². The van der Waals surface area contributed by atoms with Gasteiger partial charge in [0.05, 0.1) is 12.3 Å². The molecule has 3 rings (SSSR count). The summed E-state index contributed by atoms with van der Waals surface area (Å²) in [7, 11) is 0. The molecular formula is C20H17ClN2O4S. The second kappa shape index (κ2) is 8.00. The molecule has 6 nitrogen and oxygen atoms in total. The molecule has 0 saturated carbocycles. The molecule has 0 spiro atoms. The molecule has 0 atom stereocenters. The van der Waals surface area contributed by atoms with Crippen LogP contribution < -0.4 is 15.0 Å². The molecule has 1 aliphatic heterocycles. The van der Waals surface area contributed by atoms with Crippen molar-refractivity contribution in [2.45, 2.75) is 13.8 Å². The largest absolute Gasteiger partial charge is 0.504 e. The Balaban J connectivity index is 2.04. The molecule has 0 radical (unpaired) electrons. The number of ether oxygens (including phenoxy) is 1. The Morgan fingerprint density at radius 2 is 2.04 bits per heavy atom. The smallest absolute Gasteiger partial charge is 0.270 e. The average Bonchev–Trinajstić information content (AvgIpc) is 2.64. The first-order chi connectivity index (χ1) is 13.3. The fourth-order valence-electron chi connectivity index (χ4n) is 2.77. The third-order valence-electron chi connectivity index (χ3n) is 4.18. The van der Waals surface area contributed by atoms with Crippen LogP contribution >= 0.6 is 23.8 Å². The number of nitrogens with zero attached hydrogens (tertiary/aromatic N) is 1. The fourth-order valence-corrected chi connectivity index (χ4v) is 3.22. The number of phenols is 1. The summed E-state index contributed by atoms with van der Waals surface area (Å²) in [4.78, 5) is 26.7. The Morgan fingerprint density at radius 3 is 2.75 bits per heavy atom. The Kier molecular flexibility index (Phi) is 5.67. The van der Waals surface area contributed by atoms with Crippen molar-refractivity contribution in [2.24, 2.45) is 0 Å². The number of anilines is 1. The van der Waals surface area contributed by atoms with E-state index in [1.165, 1.54) is 17.0 Å². The molecular weight excluding hydrogens is 400 g/mol. The van der Waals surface area contributed by atoms with E-state index in [4.69, 9.17) is 28.6 Å². The molecule has 0 unspecified atom stereocenters. The Bertz CT molecular complexity index is 1020. The van der Waals surface area contributed by atoms with Crippen LogP contribution in [0.25, 0.3) is 6.08 Å². The number of carbonyl (C=O) groups excluding carboxylic acids is 2. The van der Waals surface area contributed by atoms with Crippen molar-refractivity contribution < 1.29 is 19.4 Å². The van der Waals surface area contributed by atoms with Crippen LogP contribution in [0.1, 0.15) is 18.1 Å². The minimum Gasteiger partial charge on any atom is -0.504 e. The van der Waals surface area contributed by atoms with E-state index >= 15 is 0 Å². The Labute approximate surface area is 172 Å². The van der Waals surface area contributed by atoms with Crippen molar-refractivity contribution in [3.8, 4) is 11.5 Å². The van der Waals surface area contributed by atoms with Gasteiger partial charge in [-0.2, -0.15) is 0 Å². The molecule has 2 N–H and O–H groups in total. The molecule has 1 saturated heterocycles. The number of benzene rings is 2. The van der Waals surface area contributed by atoms with Gasteiger partial charge in [-0.1, -0.05) is 23.7 Å². The summed E-state index contributed by atoms with van der Waals surface area (Å²) in [6.45, 7) is 3.92. The van der Waals surface area contributed by atoms with Crippen molar-refractivity contribution in [1.82, 2.24) is 5.32 Å². The van der Waals surface area contributed by atoms with Gasteiger partial charge in [-0.15, -0.1) is 0 Å². The molecule has 0 aromatic heterocycles. The van der Waals surface area contributed by atoms with E-state index in [-0.39, 0.29) is 22.2 Å². The quantitative estimate of drug-likeness (QED) is 0.452. The number of amides is 2. The van der Waals surface area contributed by atoms with Gasteiger partial charge in [0.2, 0.25) is 0 Å². The van der Waals surface area contributed by atoms with E-state index in [9.17, 15) is 14.7 Å². The maximum absolute atomic E-state index is 13.1. The predicted molar refractivity (Wildman–Crippen MR) is 112 cm³/mol. The van der Waals surface area contributed by atoms with Gasteiger partial charge < -0.3 is 9.84 Å². The van der Waals surface area contributed by atoms with E-state index in [1.54, 1.807) is 44.2 Å². The minimum atomic E-state index is -0.600. The molecule has 1 heterocycles. The highest BCUT2D eigenvalue weighted by Crippen LogP contribution is 2.31. The second-order valence-electron chi connectivity index (χ2n) is 6.00. The molecule has 2 amide bonds.